The van der Waals surface area contributed by atoms with Crippen molar-refractivity contribution in [2.45, 2.75) is 69.1 Å². The third-order valence-electron chi connectivity index (χ3n) is 11.5. The average Bonchev–Trinajstić information content (AvgIpc) is 4.18. The summed E-state index contributed by atoms with van der Waals surface area (Å²) in [5.74, 6) is 0.848. The van der Waals surface area contributed by atoms with Crippen LogP contribution in [-0.4, -0.2) is 101 Å². The molecule has 3 aromatic rings. The van der Waals surface area contributed by atoms with Crippen LogP contribution in [0.2, 0.25) is 0 Å². The number of ether oxygens (including phenoxy) is 7. The van der Waals surface area contributed by atoms with E-state index < -0.39 is 17.1 Å². The van der Waals surface area contributed by atoms with E-state index in [1.165, 1.54) is 14.2 Å². The lowest BCUT2D eigenvalue weighted by Crippen LogP contribution is -2.33. The third-order valence-corrected chi connectivity index (χ3v) is 11.5. The molecular formula is C44H52N2O13. The van der Waals surface area contributed by atoms with Crippen LogP contribution in [0.5, 0.6) is 17.2 Å². The number of esters is 2. The molecule has 59 heavy (non-hydrogen) atoms. The summed E-state index contributed by atoms with van der Waals surface area (Å²) in [4.78, 5) is 59.6. The van der Waals surface area contributed by atoms with Gasteiger partial charge in [0.05, 0.1) is 38.6 Å². The molecule has 0 aromatic heterocycles. The van der Waals surface area contributed by atoms with Crippen LogP contribution in [0.4, 0.5) is 0 Å². The molecule has 15 nitrogen and oxygen atoms in total. The second-order valence-electron chi connectivity index (χ2n) is 15.1. The number of carbonyl (C=O) groups excluding carboxylic acids is 5. The minimum Gasteiger partial charge on any atom is -0.493 e. The summed E-state index contributed by atoms with van der Waals surface area (Å²) in [6.07, 6.45) is 5.74. The minimum absolute atomic E-state index is 0.0901. The van der Waals surface area contributed by atoms with Gasteiger partial charge in [0, 0.05) is 50.3 Å². The highest BCUT2D eigenvalue weighted by molar-refractivity contribution is 5.95. The summed E-state index contributed by atoms with van der Waals surface area (Å²) in [6.45, 7) is 3.11. The number of hydroxylamine groups is 1. The standard InChI is InChI=1S/C17H20O5.C16H19NO5.C11H13NO3/c1-20-16(19)13-4-3-11-9-12(5-8-22-14(11)10-13)15(18)17(21-2)6-7-17;1-21-16(5-6-16)14(18)11-4-7-22-13-9-12(15(19)17-20)3-2-10(13)8-11;1-14-11(13)8-2-3-9-7-12-4-5-15-10(9)6-8/h3-4,10,12H,5-9H2,1-2H3;2-3,9,11,20H,4-8H2,1H3,(H,17,19);2-3,6,12H,4-5,7H2,1H3. The van der Waals surface area contributed by atoms with Crippen molar-refractivity contribution in [2.24, 2.45) is 11.8 Å². The smallest absolute Gasteiger partial charge is 0.337 e. The number of hydrogen-bond acceptors (Lipinski definition) is 14. The fourth-order valence-electron chi connectivity index (χ4n) is 7.58. The molecule has 1 amide bonds. The molecule has 2 aliphatic carbocycles. The summed E-state index contributed by atoms with van der Waals surface area (Å²) in [6, 6.07) is 15.6. The molecule has 0 bridgehead atoms. The van der Waals surface area contributed by atoms with Crippen LogP contribution in [-0.2, 0) is 47.9 Å². The summed E-state index contributed by atoms with van der Waals surface area (Å²) < 4.78 is 37.1. The molecule has 2 fully saturated rings. The van der Waals surface area contributed by atoms with Gasteiger partial charge in [-0.25, -0.2) is 15.1 Å². The number of hydrogen-bond donors (Lipinski definition) is 3. The van der Waals surface area contributed by atoms with E-state index in [0.717, 1.165) is 61.2 Å². The monoisotopic (exact) mass is 816 g/mol. The Labute approximate surface area is 342 Å². The zero-order valence-corrected chi connectivity index (χ0v) is 33.9. The van der Waals surface area contributed by atoms with Crippen molar-refractivity contribution in [1.82, 2.24) is 10.8 Å². The molecule has 2 atom stereocenters. The van der Waals surface area contributed by atoms with E-state index in [0.29, 0.717) is 73.7 Å². The molecule has 15 heteroatoms. The van der Waals surface area contributed by atoms with Crippen molar-refractivity contribution in [1.29, 1.82) is 0 Å². The van der Waals surface area contributed by atoms with E-state index in [2.05, 4.69) is 10.1 Å². The largest absolute Gasteiger partial charge is 0.493 e. The third kappa shape index (κ3) is 10.1. The van der Waals surface area contributed by atoms with Crippen molar-refractivity contribution in [2.75, 3.05) is 54.8 Å². The molecule has 8 rings (SSSR count). The number of carbonyl (C=O) groups is 5. The Balaban J connectivity index is 0.000000152. The molecule has 3 heterocycles. The zero-order valence-electron chi connectivity index (χ0n) is 33.9. The van der Waals surface area contributed by atoms with Crippen LogP contribution in [0.25, 0.3) is 0 Å². The molecule has 0 saturated heterocycles. The number of fused-ring (bicyclic) bond motifs is 3. The summed E-state index contributed by atoms with van der Waals surface area (Å²) >= 11 is 0. The topological polar surface area (TPSA) is 194 Å². The van der Waals surface area contributed by atoms with Crippen LogP contribution in [0.15, 0.2) is 54.6 Å². The van der Waals surface area contributed by atoms with E-state index in [9.17, 15) is 24.0 Å². The highest BCUT2D eigenvalue weighted by atomic mass is 16.5. The Morgan fingerprint density at radius 3 is 1.49 bits per heavy atom. The normalized spacial score (nSPS) is 20.2. The zero-order chi connectivity index (χ0) is 42.2. The van der Waals surface area contributed by atoms with E-state index >= 15 is 0 Å². The number of rotatable bonds is 9. The highest BCUT2D eigenvalue weighted by Gasteiger charge is 2.53. The number of methoxy groups -OCH3 is 4. The second kappa shape index (κ2) is 19.1. The summed E-state index contributed by atoms with van der Waals surface area (Å²) in [5.41, 5.74) is 4.70. The molecule has 3 aliphatic heterocycles. The Kier molecular flexibility index (Phi) is 14.0. The molecule has 0 spiro atoms. The quantitative estimate of drug-likeness (QED) is 0.154. The first-order chi connectivity index (χ1) is 28.5. The van der Waals surface area contributed by atoms with Crippen LogP contribution in [0.3, 0.4) is 0 Å². The van der Waals surface area contributed by atoms with Gasteiger partial charge in [0.2, 0.25) is 0 Å². The average molecular weight is 817 g/mol. The molecule has 3 aromatic carbocycles. The van der Waals surface area contributed by atoms with Gasteiger partial charge in [-0.1, -0.05) is 18.2 Å². The van der Waals surface area contributed by atoms with Crippen molar-refractivity contribution in [3.63, 3.8) is 0 Å². The van der Waals surface area contributed by atoms with Gasteiger partial charge in [-0.3, -0.25) is 19.6 Å². The lowest BCUT2D eigenvalue weighted by atomic mass is 9.89. The number of amides is 1. The number of Topliss-reactive ketones (excluding diaryl/α,β-unsaturated/α-hetero) is 2. The predicted molar refractivity (Wildman–Crippen MR) is 211 cm³/mol. The first-order valence-corrected chi connectivity index (χ1v) is 19.8. The number of nitrogens with one attached hydrogen (secondary N) is 2. The molecule has 3 N–H and O–H groups in total. The molecular weight excluding hydrogens is 764 g/mol. The summed E-state index contributed by atoms with van der Waals surface area (Å²) in [7, 11) is 5.92. The van der Waals surface area contributed by atoms with Crippen LogP contribution < -0.4 is 25.0 Å². The molecule has 0 radical (unpaired) electrons. The van der Waals surface area contributed by atoms with Crippen molar-refractivity contribution in [3.05, 3.63) is 88.0 Å². The Morgan fingerprint density at radius 2 is 1.05 bits per heavy atom. The second-order valence-corrected chi connectivity index (χ2v) is 15.1. The van der Waals surface area contributed by atoms with Gasteiger partial charge in [0.15, 0.2) is 11.6 Å². The Bertz CT molecular complexity index is 1930. The lowest BCUT2D eigenvalue weighted by molar-refractivity contribution is -0.136. The van der Waals surface area contributed by atoms with Crippen LogP contribution in [0.1, 0.15) is 86.3 Å². The maximum Gasteiger partial charge on any atom is 0.337 e. The minimum atomic E-state index is -0.584. The predicted octanol–water partition coefficient (Wildman–Crippen LogP) is 4.61. The van der Waals surface area contributed by atoms with Crippen molar-refractivity contribution in [3.8, 4) is 17.2 Å². The Hall–Kier alpha value is -5.35. The van der Waals surface area contributed by atoms with Gasteiger partial charge in [-0.15, -0.1) is 0 Å². The lowest BCUT2D eigenvalue weighted by Gasteiger charge is -2.19. The SMILES string of the molecule is COC(=O)c1ccc2c(c1)OCCC(C(=O)C1(OC)CC1)C2.COC(=O)c1ccc2c(c1)OCCNC2.COC1(C(=O)C2CCOc3cc(C(=O)NO)ccc3C2)CC1. The van der Waals surface area contributed by atoms with Gasteiger partial charge in [0.1, 0.15) is 35.1 Å². The van der Waals surface area contributed by atoms with Gasteiger partial charge < -0.3 is 38.5 Å². The fraction of sp³-hybridized carbons (Fsp3) is 0.477. The van der Waals surface area contributed by atoms with Crippen LogP contribution >= 0.6 is 0 Å². The summed E-state index contributed by atoms with van der Waals surface area (Å²) in [5, 5.41) is 11.9. The van der Waals surface area contributed by atoms with Crippen molar-refractivity contribution >= 4 is 29.4 Å². The van der Waals surface area contributed by atoms with E-state index in [4.69, 9.17) is 33.6 Å². The first kappa shape index (κ1) is 43.2. The van der Waals surface area contributed by atoms with E-state index in [1.54, 1.807) is 62.2 Å². The molecule has 316 valence electrons. The molecule has 5 aliphatic rings. The van der Waals surface area contributed by atoms with Gasteiger partial charge in [0.25, 0.3) is 5.91 Å². The number of benzene rings is 3. The van der Waals surface area contributed by atoms with Gasteiger partial charge in [-0.2, -0.15) is 0 Å². The maximum absolute atomic E-state index is 12.6. The molecule has 2 unspecified atom stereocenters. The van der Waals surface area contributed by atoms with E-state index in [1.807, 2.05) is 12.1 Å². The first-order valence-electron chi connectivity index (χ1n) is 19.8. The van der Waals surface area contributed by atoms with Gasteiger partial charge in [-0.05, 0) is 98.9 Å². The highest BCUT2D eigenvalue weighted by Crippen LogP contribution is 2.45. The molecule has 2 saturated carbocycles. The maximum atomic E-state index is 12.6. The number of ketones is 2. The van der Waals surface area contributed by atoms with Crippen molar-refractivity contribution < 1.29 is 62.3 Å². The fourth-order valence-corrected chi connectivity index (χ4v) is 7.58. The van der Waals surface area contributed by atoms with Gasteiger partial charge >= 0.3 is 11.9 Å². The Morgan fingerprint density at radius 1 is 0.627 bits per heavy atom. The van der Waals surface area contributed by atoms with E-state index in [-0.39, 0.29) is 35.3 Å². The van der Waals surface area contributed by atoms with Crippen LogP contribution in [0, 0.1) is 11.8 Å².